The average Bonchev–Trinajstić information content (AvgIpc) is 2.66. The van der Waals surface area contributed by atoms with E-state index in [1.165, 1.54) is 12.0 Å². The van der Waals surface area contributed by atoms with E-state index in [0.29, 0.717) is 18.3 Å². The first-order chi connectivity index (χ1) is 11.3. The van der Waals surface area contributed by atoms with Crippen LogP contribution in [-0.2, 0) is 18.3 Å². The lowest BCUT2D eigenvalue weighted by Gasteiger charge is -2.60. The van der Waals surface area contributed by atoms with Gasteiger partial charge in [0.1, 0.15) is 0 Å². The molecule has 2 atom stereocenters. The fraction of sp³-hybridized carbons (Fsp3) is 0.789. The van der Waals surface area contributed by atoms with E-state index in [-0.39, 0.29) is 11.4 Å². The molecule has 0 aromatic carbocycles. The van der Waals surface area contributed by atoms with E-state index in [1.54, 1.807) is 0 Å². The third kappa shape index (κ3) is 2.67. The Labute approximate surface area is 143 Å². The molecule has 5 rings (SSSR count). The zero-order valence-corrected chi connectivity index (χ0v) is 15.1. The maximum atomic E-state index is 12.6. The molecule has 1 aromatic rings. The lowest BCUT2D eigenvalue weighted by Crippen LogP contribution is -2.65. The van der Waals surface area contributed by atoms with Crippen LogP contribution < -0.4 is 5.32 Å². The van der Waals surface area contributed by atoms with Crippen molar-refractivity contribution in [3.63, 3.8) is 0 Å². The molecule has 4 aliphatic rings. The first-order valence-electron chi connectivity index (χ1n) is 9.30. The Balaban J connectivity index is 1.41. The minimum atomic E-state index is -0.520. The zero-order valence-electron chi connectivity index (χ0n) is 15.1. The van der Waals surface area contributed by atoms with Crippen LogP contribution in [0.15, 0.2) is 0 Å². The molecule has 4 aliphatic carbocycles. The number of nitrogens with one attached hydrogen (secondary N) is 1. The van der Waals surface area contributed by atoms with Gasteiger partial charge in [0, 0.05) is 24.7 Å². The Bertz CT molecular complexity index is 664. The molecule has 4 fully saturated rings. The number of rotatable bonds is 4. The molecule has 4 saturated carbocycles. The molecule has 24 heavy (non-hydrogen) atoms. The van der Waals surface area contributed by atoms with Gasteiger partial charge in [-0.25, -0.2) is 0 Å². The van der Waals surface area contributed by atoms with Crippen LogP contribution in [0.4, 0.5) is 0 Å². The zero-order chi connectivity index (χ0) is 17.1. The number of aromatic nitrogens is 2. The summed E-state index contributed by atoms with van der Waals surface area (Å²) in [5.41, 5.74) is 2.69. The van der Waals surface area contributed by atoms with E-state index in [2.05, 4.69) is 17.3 Å². The van der Waals surface area contributed by atoms with Gasteiger partial charge in [-0.05, 0) is 76.2 Å². The normalized spacial score (nSPS) is 37.0. The minimum Gasteiger partial charge on any atom is -0.390 e. The maximum absolute atomic E-state index is 12.6. The summed E-state index contributed by atoms with van der Waals surface area (Å²) in [5.74, 6) is 1.32. The average molecular weight is 331 g/mol. The van der Waals surface area contributed by atoms with Crippen molar-refractivity contribution in [3.8, 4) is 0 Å². The third-order valence-corrected chi connectivity index (χ3v) is 6.70. The van der Waals surface area contributed by atoms with E-state index < -0.39 is 5.60 Å². The number of hydrogen-bond donors (Lipinski definition) is 2. The Morgan fingerprint density at radius 2 is 1.96 bits per heavy atom. The van der Waals surface area contributed by atoms with Crippen LogP contribution in [0.5, 0.6) is 0 Å². The molecule has 1 heterocycles. The molecule has 0 spiro atoms. The van der Waals surface area contributed by atoms with Crippen LogP contribution in [-0.4, -0.2) is 31.9 Å². The van der Waals surface area contributed by atoms with E-state index in [4.69, 9.17) is 0 Å². The fourth-order valence-electron chi connectivity index (χ4n) is 6.14. The molecule has 1 amide bonds. The highest BCUT2D eigenvalue weighted by Gasteiger charge is 2.57. The molecule has 4 bridgehead atoms. The number of aliphatic hydroxyl groups is 1. The van der Waals surface area contributed by atoms with Crippen LogP contribution >= 0.6 is 0 Å². The van der Waals surface area contributed by atoms with Crippen molar-refractivity contribution >= 4 is 5.91 Å². The number of aryl methyl sites for hydroxylation is 2. The largest absolute Gasteiger partial charge is 0.390 e. The number of amides is 1. The molecule has 0 saturated heterocycles. The Hall–Kier alpha value is -1.36. The molecule has 0 radical (unpaired) electrons. The standard InChI is InChI=1S/C19H29N3O2/c1-12-16(13(2)22(3)21-12)4-5-17(23)20-18-7-14-6-15(8-18)10-19(24,9-14)11-18/h14-15,24H,4-11H2,1-3H3,(H,20,23). The van der Waals surface area contributed by atoms with E-state index in [9.17, 15) is 9.90 Å². The van der Waals surface area contributed by atoms with Crippen molar-refractivity contribution in [2.75, 3.05) is 0 Å². The smallest absolute Gasteiger partial charge is 0.220 e. The van der Waals surface area contributed by atoms with Gasteiger partial charge in [0.25, 0.3) is 0 Å². The predicted molar refractivity (Wildman–Crippen MR) is 91.5 cm³/mol. The molecule has 2 N–H and O–H groups in total. The molecule has 2 unspecified atom stereocenters. The van der Waals surface area contributed by atoms with Gasteiger partial charge in [0.05, 0.1) is 11.3 Å². The van der Waals surface area contributed by atoms with Crippen molar-refractivity contribution in [2.45, 2.75) is 76.4 Å². The summed E-state index contributed by atoms with van der Waals surface area (Å²) in [6, 6.07) is 0. The van der Waals surface area contributed by atoms with E-state index in [0.717, 1.165) is 49.9 Å². The summed E-state index contributed by atoms with van der Waals surface area (Å²) < 4.78 is 1.89. The molecular formula is C19H29N3O2. The summed E-state index contributed by atoms with van der Waals surface area (Å²) in [5, 5.41) is 18.6. The summed E-state index contributed by atoms with van der Waals surface area (Å²) in [7, 11) is 1.95. The minimum absolute atomic E-state index is 0.128. The summed E-state index contributed by atoms with van der Waals surface area (Å²) in [4.78, 5) is 12.6. The molecule has 5 nitrogen and oxygen atoms in total. The van der Waals surface area contributed by atoms with Crippen molar-refractivity contribution < 1.29 is 9.90 Å². The van der Waals surface area contributed by atoms with Crippen molar-refractivity contribution in [2.24, 2.45) is 18.9 Å². The van der Waals surface area contributed by atoms with Crippen LogP contribution in [0.1, 0.15) is 61.9 Å². The number of nitrogens with zero attached hydrogens (tertiary/aromatic N) is 2. The Morgan fingerprint density at radius 1 is 1.29 bits per heavy atom. The summed E-state index contributed by atoms with van der Waals surface area (Å²) in [6.45, 7) is 4.07. The SMILES string of the molecule is Cc1nn(C)c(C)c1CCC(=O)NC12CC3CC(CC(O)(C3)C1)C2. The van der Waals surface area contributed by atoms with Crippen LogP contribution in [0, 0.1) is 25.7 Å². The summed E-state index contributed by atoms with van der Waals surface area (Å²) in [6.07, 6.45) is 7.24. The topological polar surface area (TPSA) is 67.2 Å². The highest BCUT2D eigenvalue weighted by atomic mass is 16.3. The van der Waals surface area contributed by atoms with Crippen molar-refractivity contribution in [1.82, 2.24) is 15.1 Å². The van der Waals surface area contributed by atoms with Crippen molar-refractivity contribution in [1.29, 1.82) is 0 Å². The predicted octanol–water partition coefficient (Wildman–Crippen LogP) is 2.17. The Morgan fingerprint density at radius 3 is 2.50 bits per heavy atom. The molecular weight excluding hydrogens is 302 g/mol. The molecule has 132 valence electrons. The van der Waals surface area contributed by atoms with Crippen LogP contribution in [0.2, 0.25) is 0 Å². The first kappa shape index (κ1) is 16.1. The van der Waals surface area contributed by atoms with Gasteiger partial charge >= 0.3 is 0 Å². The number of carbonyl (C=O) groups is 1. The van der Waals surface area contributed by atoms with Crippen LogP contribution in [0.25, 0.3) is 0 Å². The van der Waals surface area contributed by atoms with Gasteiger partial charge in [-0.3, -0.25) is 9.48 Å². The molecule has 1 aromatic heterocycles. The van der Waals surface area contributed by atoms with Gasteiger partial charge < -0.3 is 10.4 Å². The highest BCUT2D eigenvalue weighted by Crippen LogP contribution is 2.57. The lowest BCUT2D eigenvalue weighted by atomic mass is 9.51. The van der Waals surface area contributed by atoms with Gasteiger partial charge in [-0.1, -0.05) is 0 Å². The van der Waals surface area contributed by atoms with E-state index in [1.807, 2.05) is 18.7 Å². The quantitative estimate of drug-likeness (QED) is 0.888. The van der Waals surface area contributed by atoms with Gasteiger partial charge in [0.15, 0.2) is 0 Å². The Kier molecular flexibility index (Phi) is 3.57. The second-order valence-electron chi connectivity index (χ2n) is 8.79. The monoisotopic (exact) mass is 331 g/mol. The van der Waals surface area contributed by atoms with E-state index >= 15 is 0 Å². The van der Waals surface area contributed by atoms with Crippen molar-refractivity contribution in [3.05, 3.63) is 17.0 Å². The number of carbonyl (C=O) groups excluding carboxylic acids is 1. The molecule has 0 aliphatic heterocycles. The van der Waals surface area contributed by atoms with Gasteiger partial charge in [-0.15, -0.1) is 0 Å². The second kappa shape index (κ2) is 5.32. The summed E-state index contributed by atoms with van der Waals surface area (Å²) >= 11 is 0. The van der Waals surface area contributed by atoms with Crippen LogP contribution in [0.3, 0.4) is 0 Å². The first-order valence-corrected chi connectivity index (χ1v) is 9.30. The third-order valence-electron chi connectivity index (χ3n) is 6.70. The van der Waals surface area contributed by atoms with Gasteiger partial charge in [0.2, 0.25) is 5.91 Å². The lowest BCUT2D eigenvalue weighted by molar-refractivity contribution is -0.150. The van der Waals surface area contributed by atoms with Gasteiger partial charge in [-0.2, -0.15) is 5.10 Å². The fourth-order valence-corrected chi connectivity index (χ4v) is 6.14. The maximum Gasteiger partial charge on any atom is 0.220 e. The number of hydrogen-bond acceptors (Lipinski definition) is 3. The highest BCUT2D eigenvalue weighted by molar-refractivity contribution is 5.77. The second-order valence-corrected chi connectivity index (χ2v) is 8.79. The molecule has 5 heteroatoms.